The number of carboxylic acid groups (broad SMARTS) is 1. The molecule has 0 aromatic carbocycles. The summed E-state index contributed by atoms with van der Waals surface area (Å²) in [6.45, 7) is 9.10. The van der Waals surface area contributed by atoms with Gasteiger partial charge in [-0.3, -0.25) is 4.79 Å². The average Bonchev–Trinajstić information content (AvgIpc) is 2.32. The predicted molar refractivity (Wildman–Crippen MR) is 84.4 cm³/mol. The fourth-order valence-corrected chi connectivity index (χ4v) is 1.91. The molecule has 0 aliphatic rings. The molecule has 0 aromatic rings. The Balaban J connectivity index is 4.21. The van der Waals surface area contributed by atoms with Gasteiger partial charge in [0.15, 0.2) is 0 Å². The van der Waals surface area contributed by atoms with Gasteiger partial charge in [0.1, 0.15) is 0 Å². The summed E-state index contributed by atoms with van der Waals surface area (Å²) in [7, 11) is 3.93. The Morgan fingerprint density at radius 1 is 1.19 bits per heavy atom. The summed E-state index contributed by atoms with van der Waals surface area (Å²) in [6, 6.07) is -0.246. The lowest BCUT2D eigenvalue weighted by molar-refractivity contribution is -0.138. The van der Waals surface area contributed by atoms with Crippen molar-refractivity contribution in [1.29, 1.82) is 0 Å². The van der Waals surface area contributed by atoms with E-state index in [1.165, 1.54) is 0 Å². The maximum absolute atomic E-state index is 11.8. The molecular weight excluding hydrogens is 270 g/mol. The highest BCUT2D eigenvalue weighted by molar-refractivity contribution is 5.74. The van der Waals surface area contributed by atoms with Gasteiger partial charge in [-0.05, 0) is 46.2 Å². The minimum Gasteiger partial charge on any atom is -0.481 e. The molecule has 0 bridgehead atoms. The van der Waals surface area contributed by atoms with Gasteiger partial charge in [-0.1, -0.05) is 13.8 Å². The Kier molecular flexibility index (Phi) is 8.32. The van der Waals surface area contributed by atoms with Gasteiger partial charge in [0.05, 0.1) is 0 Å². The van der Waals surface area contributed by atoms with E-state index in [-0.39, 0.29) is 23.9 Å². The third-order valence-corrected chi connectivity index (χ3v) is 3.71. The van der Waals surface area contributed by atoms with Crippen molar-refractivity contribution in [2.45, 2.75) is 46.1 Å². The SMILES string of the molecule is CC(C)CC(CNC(=O)NCC(C)(C)N(C)C)CC(=O)O. The number of amides is 2. The number of likely N-dealkylation sites (N-methyl/N-ethyl adjacent to an activating group) is 1. The molecule has 1 unspecified atom stereocenters. The van der Waals surface area contributed by atoms with Crippen LogP contribution in [0.3, 0.4) is 0 Å². The number of carbonyl (C=O) groups is 2. The molecular formula is C15H31N3O3. The lowest BCUT2D eigenvalue weighted by atomic mass is 9.94. The second-order valence-electron chi connectivity index (χ2n) is 6.86. The summed E-state index contributed by atoms with van der Waals surface area (Å²) in [4.78, 5) is 24.7. The van der Waals surface area contributed by atoms with Gasteiger partial charge in [0.25, 0.3) is 0 Å². The molecule has 21 heavy (non-hydrogen) atoms. The zero-order chi connectivity index (χ0) is 16.6. The molecule has 124 valence electrons. The van der Waals surface area contributed by atoms with Crippen molar-refractivity contribution in [2.75, 3.05) is 27.2 Å². The number of nitrogens with zero attached hydrogens (tertiary/aromatic N) is 1. The largest absolute Gasteiger partial charge is 0.481 e. The van der Waals surface area contributed by atoms with Gasteiger partial charge in [-0.15, -0.1) is 0 Å². The van der Waals surface area contributed by atoms with E-state index >= 15 is 0 Å². The molecule has 0 saturated carbocycles. The summed E-state index contributed by atoms with van der Waals surface area (Å²) in [5.41, 5.74) is -0.129. The van der Waals surface area contributed by atoms with Gasteiger partial charge in [0.2, 0.25) is 0 Å². The minimum atomic E-state index is -0.823. The zero-order valence-electron chi connectivity index (χ0n) is 14.2. The van der Waals surface area contributed by atoms with Crippen LogP contribution in [0.5, 0.6) is 0 Å². The van der Waals surface area contributed by atoms with E-state index < -0.39 is 5.97 Å². The third-order valence-electron chi connectivity index (χ3n) is 3.71. The van der Waals surface area contributed by atoms with Gasteiger partial charge in [-0.25, -0.2) is 4.79 Å². The number of carbonyl (C=O) groups excluding carboxylic acids is 1. The van der Waals surface area contributed by atoms with E-state index in [0.29, 0.717) is 19.0 Å². The van der Waals surface area contributed by atoms with Gasteiger partial charge in [-0.2, -0.15) is 0 Å². The first-order chi connectivity index (χ1) is 9.54. The Labute approximate surface area is 128 Å². The van der Waals surface area contributed by atoms with Crippen LogP contribution in [-0.2, 0) is 4.79 Å². The molecule has 2 amide bonds. The summed E-state index contributed by atoms with van der Waals surface area (Å²) < 4.78 is 0. The quantitative estimate of drug-likeness (QED) is 0.606. The molecule has 6 heteroatoms. The second kappa shape index (κ2) is 8.87. The lowest BCUT2D eigenvalue weighted by Gasteiger charge is -2.32. The fourth-order valence-electron chi connectivity index (χ4n) is 1.91. The molecule has 3 N–H and O–H groups in total. The third kappa shape index (κ3) is 9.28. The van der Waals surface area contributed by atoms with Gasteiger partial charge >= 0.3 is 12.0 Å². The normalized spacial score (nSPS) is 13.3. The number of rotatable bonds is 9. The first-order valence-electron chi connectivity index (χ1n) is 7.45. The molecule has 1 atom stereocenters. The van der Waals surface area contributed by atoms with Crippen LogP contribution in [0.25, 0.3) is 0 Å². The van der Waals surface area contributed by atoms with E-state index in [2.05, 4.69) is 24.5 Å². The van der Waals surface area contributed by atoms with Crippen LogP contribution in [0.1, 0.15) is 40.5 Å². The van der Waals surface area contributed by atoms with E-state index in [0.717, 1.165) is 6.42 Å². The first-order valence-corrected chi connectivity index (χ1v) is 7.45. The Morgan fingerprint density at radius 3 is 2.19 bits per heavy atom. The number of hydrogen-bond acceptors (Lipinski definition) is 3. The second-order valence-corrected chi connectivity index (χ2v) is 6.86. The van der Waals surface area contributed by atoms with Crippen LogP contribution in [0.15, 0.2) is 0 Å². The molecule has 0 heterocycles. The molecule has 0 saturated heterocycles. The van der Waals surface area contributed by atoms with Crippen LogP contribution in [-0.4, -0.2) is 54.7 Å². The lowest BCUT2D eigenvalue weighted by Crippen LogP contribution is -2.50. The van der Waals surface area contributed by atoms with Crippen molar-refractivity contribution in [3.8, 4) is 0 Å². The molecule has 0 aliphatic heterocycles. The number of nitrogens with one attached hydrogen (secondary N) is 2. The highest BCUT2D eigenvalue weighted by Gasteiger charge is 2.21. The number of urea groups is 1. The monoisotopic (exact) mass is 301 g/mol. The van der Waals surface area contributed by atoms with Crippen molar-refractivity contribution in [3.05, 3.63) is 0 Å². The Bertz CT molecular complexity index is 341. The van der Waals surface area contributed by atoms with Gasteiger partial charge in [0, 0.05) is 25.0 Å². The minimum absolute atomic E-state index is 0.0323. The number of hydrogen-bond donors (Lipinski definition) is 3. The Hall–Kier alpha value is -1.30. The van der Waals surface area contributed by atoms with E-state index in [9.17, 15) is 9.59 Å². The van der Waals surface area contributed by atoms with Crippen LogP contribution >= 0.6 is 0 Å². The number of aliphatic carboxylic acids is 1. The summed E-state index contributed by atoms with van der Waals surface area (Å²) >= 11 is 0. The average molecular weight is 301 g/mol. The molecule has 0 spiro atoms. The van der Waals surface area contributed by atoms with Crippen LogP contribution < -0.4 is 10.6 Å². The van der Waals surface area contributed by atoms with Crippen molar-refractivity contribution in [1.82, 2.24) is 15.5 Å². The fraction of sp³-hybridized carbons (Fsp3) is 0.867. The summed E-state index contributed by atoms with van der Waals surface area (Å²) in [6.07, 6.45) is 0.872. The zero-order valence-corrected chi connectivity index (χ0v) is 14.2. The van der Waals surface area contributed by atoms with Crippen molar-refractivity contribution >= 4 is 12.0 Å². The molecule has 0 rings (SSSR count). The molecule has 0 aromatic heterocycles. The van der Waals surface area contributed by atoms with Crippen molar-refractivity contribution in [2.24, 2.45) is 11.8 Å². The standard InChI is InChI=1S/C15H31N3O3/c1-11(2)7-12(8-13(19)20)9-16-14(21)17-10-15(3,4)18(5)6/h11-12H,7-10H2,1-6H3,(H,19,20)(H2,16,17,21). The molecule has 0 fully saturated rings. The van der Waals surface area contributed by atoms with Crippen molar-refractivity contribution < 1.29 is 14.7 Å². The van der Waals surface area contributed by atoms with Crippen LogP contribution in [0.2, 0.25) is 0 Å². The highest BCUT2D eigenvalue weighted by atomic mass is 16.4. The van der Waals surface area contributed by atoms with E-state index in [1.807, 2.05) is 32.8 Å². The van der Waals surface area contributed by atoms with Crippen LogP contribution in [0.4, 0.5) is 4.79 Å². The van der Waals surface area contributed by atoms with E-state index in [1.54, 1.807) is 0 Å². The van der Waals surface area contributed by atoms with Crippen molar-refractivity contribution in [3.63, 3.8) is 0 Å². The highest BCUT2D eigenvalue weighted by Crippen LogP contribution is 2.14. The summed E-state index contributed by atoms with van der Waals surface area (Å²) in [5.74, 6) is -0.446. The van der Waals surface area contributed by atoms with Gasteiger partial charge < -0.3 is 20.6 Å². The molecule has 0 radical (unpaired) electrons. The smallest absolute Gasteiger partial charge is 0.314 e. The number of carboxylic acids is 1. The maximum atomic E-state index is 11.8. The molecule has 0 aliphatic carbocycles. The predicted octanol–water partition coefficient (Wildman–Crippen LogP) is 1.76. The Morgan fingerprint density at radius 2 is 1.76 bits per heavy atom. The van der Waals surface area contributed by atoms with Crippen LogP contribution in [0, 0.1) is 11.8 Å². The summed E-state index contributed by atoms with van der Waals surface area (Å²) in [5, 5.41) is 14.5. The molecule has 6 nitrogen and oxygen atoms in total. The topological polar surface area (TPSA) is 81.7 Å². The first kappa shape index (κ1) is 19.7. The van der Waals surface area contributed by atoms with E-state index in [4.69, 9.17) is 5.11 Å². The maximum Gasteiger partial charge on any atom is 0.314 e.